The molecule has 192 valence electrons. The minimum Gasteiger partial charge on any atom is -0.497 e. The van der Waals surface area contributed by atoms with Gasteiger partial charge in [-0.3, -0.25) is 14.8 Å². The van der Waals surface area contributed by atoms with Crippen molar-refractivity contribution < 1.29 is 19.0 Å². The summed E-state index contributed by atoms with van der Waals surface area (Å²) in [6, 6.07) is 11.3. The lowest BCUT2D eigenvalue weighted by Gasteiger charge is -2.38. The molecule has 6 nitrogen and oxygen atoms in total. The Morgan fingerprint density at radius 3 is 2.94 bits per heavy atom. The van der Waals surface area contributed by atoms with Gasteiger partial charge in [-0.25, -0.2) is 4.39 Å². The van der Waals surface area contributed by atoms with Gasteiger partial charge in [-0.2, -0.15) is 0 Å². The predicted octanol–water partition coefficient (Wildman–Crippen LogP) is 6.02. The predicted molar refractivity (Wildman–Crippen MR) is 141 cm³/mol. The number of aromatic nitrogens is 2. The number of carboxylic acids is 1. The molecular weight excluding hydrogens is 477 g/mol. The highest BCUT2D eigenvalue weighted by molar-refractivity contribution is 7.99. The Morgan fingerprint density at radius 2 is 2.17 bits per heavy atom. The van der Waals surface area contributed by atoms with Crippen LogP contribution in [0.15, 0.2) is 59.9 Å². The maximum Gasteiger partial charge on any atom is 0.303 e. The zero-order chi connectivity index (χ0) is 25.3. The van der Waals surface area contributed by atoms with Crippen LogP contribution in [0.25, 0.3) is 10.9 Å². The third kappa shape index (κ3) is 7.17. The van der Waals surface area contributed by atoms with E-state index in [1.54, 1.807) is 37.3 Å². The van der Waals surface area contributed by atoms with Gasteiger partial charge in [0.15, 0.2) is 0 Å². The molecule has 3 atom stereocenters. The molecule has 0 amide bonds. The van der Waals surface area contributed by atoms with Crippen LogP contribution in [0.5, 0.6) is 5.75 Å². The summed E-state index contributed by atoms with van der Waals surface area (Å²) in [4.78, 5) is 23.6. The van der Waals surface area contributed by atoms with Gasteiger partial charge in [0.05, 0.1) is 12.6 Å². The van der Waals surface area contributed by atoms with Crippen molar-refractivity contribution >= 4 is 28.6 Å². The maximum absolute atomic E-state index is 15.5. The number of methoxy groups -OCH3 is 1. The Balaban J connectivity index is 1.31. The summed E-state index contributed by atoms with van der Waals surface area (Å²) in [6.07, 6.45) is 7.31. The van der Waals surface area contributed by atoms with Crippen molar-refractivity contribution in [1.29, 1.82) is 0 Å². The number of benzene rings is 1. The largest absolute Gasteiger partial charge is 0.497 e. The molecule has 1 aromatic carbocycles. The second-order valence-corrected chi connectivity index (χ2v) is 10.6. The number of fused-ring (bicyclic) bond motifs is 1. The molecule has 4 rings (SSSR count). The molecule has 1 saturated heterocycles. The van der Waals surface area contributed by atoms with Crippen molar-refractivity contribution in [3.05, 3.63) is 60.6 Å². The number of pyridine rings is 2. The fourth-order valence-corrected chi connectivity index (χ4v) is 5.99. The molecule has 1 aliphatic rings. The quantitative estimate of drug-likeness (QED) is 0.235. The molecule has 1 aliphatic heterocycles. The smallest absolute Gasteiger partial charge is 0.303 e. The number of likely N-dealkylation sites (tertiary alicyclic amines) is 1. The fraction of sp³-hybridized carbons (Fsp3) is 0.464. The molecule has 1 unspecified atom stereocenters. The Morgan fingerprint density at radius 1 is 1.28 bits per heavy atom. The van der Waals surface area contributed by atoms with Crippen LogP contribution in [-0.2, 0) is 4.79 Å². The first-order valence-electron chi connectivity index (χ1n) is 12.6. The van der Waals surface area contributed by atoms with Gasteiger partial charge in [0.1, 0.15) is 11.9 Å². The average Bonchev–Trinajstić information content (AvgIpc) is 2.90. The van der Waals surface area contributed by atoms with Gasteiger partial charge in [-0.1, -0.05) is 0 Å². The van der Waals surface area contributed by atoms with E-state index in [9.17, 15) is 9.90 Å². The topological polar surface area (TPSA) is 75.5 Å². The number of halogens is 1. The molecule has 1 N–H and O–H groups in total. The molecule has 3 aromatic rings. The molecule has 2 aromatic heterocycles. The van der Waals surface area contributed by atoms with E-state index in [-0.39, 0.29) is 18.3 Å². The van der Waals surface area contributed by atoms with E-state index in [0.717, 1.165) is 49.1 Å². The van der Waals surface area contributed by atoms with Gasteiger partial charge < -0.3 is 14.7 Å². The number of hydrogen-bond acceptors (Lipinski definition) is 6. The Hall–Kier alpha value is -2.71. The van der Waals surface area contributed by atoms with Crippen LogP contribution in [0.2, 0.25) is 0 Å². The molecule has 36 heavy (non-hydrogen) atoms. The molecule has 1 fully saturated rings. The minimum absolute atomic E-state index is 0.0451. The number of rotatable bonds is 12. The number of alkyl halides is 1. The molecule has 0 radical (unpaired) electrons. The SMILES string of the molecule is COc1ccc2nccc(C(F)CC[C@@H]3CCN(CCCSc4cccnc4)C[C@@H]3CC(=O)O)c2c1. The highest BCUT2D eigenvalue weighted by atomic mass is 32.2. The van der Waals surface area contributed by atoms with Crippen molar-refractivity contribution in [3.63, 3.8) is 0 Å². The lowest BCUT2D eigenvalue weighted by molar-refractivity contribution is -0.139. The molecular formula is C28H34FN3O3S. The van der Waals surface area contributed by atoms with E-state index in [2.05, 4.69) is 20.9 Å². The van der Waals surface area contributed by atoms with E-state index < -0.39 is 12.1 Å². The first kappa shape index (κ1) is 26.4. The van der Waals surface area contributed by atoms with Crippen molar-refractivity contribution in [2.75, 3.05) is 32.5 Å². The summed E-state index contributed by atoms with van der Waals surface area (Å²) >= 11 is 1.80. The van der Waals surface area contributed by atoms with Crippen molar-refractivity contribution in [2.24, 2.45) is 11.8 Å². The Bertz CT molecular complexity index is 1130. The van der Waals surface area contributed by atoms with Gasteiger partial charge in [-0.15, -0.1) is 11.8 Å². The highest BCUT2D eigenvalue weighted by Gasteiger charge is 2.31. The Labute approximate surface area is 216 Å². The minimum atomic E-state index is -1.13. The van der Waals surface area contributed by atoms with E-state index in [1.807, 2.05) is 30.5 Å². The number of thioether (sulfide) groups is 1. The number of carbonyl (C=O) groups is 1. The average molecular weight is 512 g/mol. The number of piperidine rings is 1. The van der Waals surface area contributed by atoms with Crippen LogP contribution < -0.4 is 4.74 Å². The molecule has 8 heteroatoms. The first-order valence-corrected chi connectivity index (χ1v) is 13.6. The van der Waals surface area contributed by atoms with Crippen LogP contribution in [-0.4, -0.2) is 58.4 Å². The number of hydrogen-bond donors (Lipinski definition) is 1. The summed E-state index contributed by atoms with van der Waals surface area (Å²) in [7, 11) is 1.60. The molecule has 0 aliphatic carbocycles. The van der Waals surface area contributed by atoms with Crippen molar-refractivity contribution in [1.82, 2.24) is 14.9 Å². The summed E-state index contributed by atoms with van der Waals surface area (Å²) in [6.45, 7) is 2.65. The van der Waals surface area contributed by atoms with Gasteiger partial charge in [0.25, 0.3) is 0 Å². The zero-order valence-corrected chi connectivity index (χ0v) is 21.5. The van der Waals surface area contributed by atoms with E-state index in [1.165, 1.54) is 4.90 Å². The summed E-state index contributed by atoms with van der Waals surface area (Å²) in [5.41, 5.74) is 1.37. The number of nitrogens with zero attached hydrogens (tertiary/aromatic N) is 3. The molecule has 0 spiro atoms. The third-order valence-corrected chi connectivity index (χ3v) is 8.11. The standard InChI is InChI=1S/C28H34FN3O3S/c1-35-22-6-8-27-25(17-22)24(9-12-31-27)26(29)7-5-20-10-14-32(19-21(20)16-28(33)34)13-3-15-36-23-4-2-11-30-18-23/h2,4,6,8-9,11-12,17-18,20-21,26H,3,5,7,10,13-16,19H2,1H3,(H,33,34)/t20-,21+,26?/m1/s1. The highest BCUT2D eigenvalue weighted by Crippen LogP contribution is 2.36. The van der Waals surface area contributed by atoms with E-state index in [0.29, 0.717) is 24.2 Å². The van der Waals surface area contributed by atoms with Crippen LogP contribution >= 0.6 is 11.8 Å². The monoisotopic (exact) mass is 511 g/mol. The molecule has 3 heterocycles. The molecule has 0 bridgehead atoms. The number of ether oxygens (including phenoxy) is 1. The van der Waals surface area contributed by atoms with Gasteiger partial charge in [0, 0.05) is 41.8 Å². The second-order valence-electron chi connectivity index (χ2n) is 9.43. The summed E-state index contributed by atoms with van der Waals surface area (Å²) in [5, 5.41) is 10.3. The van der Waals surface area contributed by atoms with Crippen molar-refractivity contribution in [2.45, 2.75) is 43.2 Å². The van der Waals surface area contributed by atoms with Crippen LogP contribution in [0.1, 0.15) is 43.8 Å². The third-order valence-electron chi connectivity index (χ3n) is 7.04. The van der Waals surface area contributed by atoms with Gasteiger partial charge in [-0.05, 0) is 98.3 Å². The van der Waals surface area contributed by atoms with Crippen LogP contribution in [0.4, 0.5) is 4.39 Å². The molecule has 0 saturated carbocycles. The Kier molecular flexibility index (Phi) is 9.53. The zero-order valence-electron chi connectivity index (χ0n) is 20.7. The number of aliphatic carboxylic acids is 1. The second kappa shape index (κ2) is 13.0. The lowest BCUT2D eigenvalue weighted by Crippen LogP contribution is -2.42. The van der Waals surface area contributed by atoms with Crippen LogP contribution in [0, 0.1) is 11.8 Å². The summed E-state index contributed by atoms with van der Waals surface area (Å²) < 4.78 is 20.8. The maximum atomic E-state index is 15.5. The van der Waals surface area contributed by atoms with Crippen LogP contribution in [0.3, 0.4) is 0 Å². The first-order chi connectivity index (χ1) is 17.5. The fourth-order valence-electron chi connectivity index (χ4n) is 5.17. The summed E-state index contributed by atoms with van der Waals surface area (Å²) in [5.74, 6) is 1.16. The van der Waals surface area contributed by atoms with Crippen molar-refractivity contribution in [3.8, 4) is 5.75 Å². The van der Waals surface area contributed by atoms with E-state index >= 15 is 4.39 Å². The van der Waals surface area contributed by atoms with E-state index in [4.69, 9.17) is 4.74 Å². The number of carboxylic acid groups (broad SMARTS) is 1. The lowest BCUT2D eigenvalue weighted by atomic mass is 9.79. The van der Waals surface area contributed by atoms with Gasteiger partial charge >= 0.3 is 5.97 Å². The van der Waals surface area contributed by atoms with Gasteiger partial charge in [0.2, 0.25) is 0 Å². The normalized spacial score (nSPS) is 19.3.